The zero-order valence-electron chi connectivity index (χ0n) is 19.0. The van der Waals surface area contributed by atoms with Gasteiger partial charge in [-0.25, -0.2) is 0 Å². The molecule has 0 amide bonds. The van der Waals surface area contributed by atoms with E-state index < -0.39 is 16.0 Å². The Balaban J connectivity index is 2.08. The van der Waals surface area contributed by atoms with Crippen LogP contribution >= 0.6 is 23.9 Å². The van der Waals surface area contributed by atoms with Crippen molar-refractivity contribution >= 4 is 53.0 Å². The average molecular weight is 519 g/mol. The third-order valence-corrected chi connectivity index (χ3v) is 10.7. The molecule has 0 heterocycles. The molecule has 0 N–H and O–H groups in total. The van der Waals surface area contributed by atoms with Gasteiger partial charge in [-0.15, -0.1) is 0 Å². The molecule has 1 nitrogen and oxygen atoms in total. The fraction of sp³-hybridized carbons (Fsp3) is 0.143. The molecule has 0 aliphatic carbocycles. The molecule has 32 heavy (non-hydrogen) atoms. The minimum Gasteiger partial charge on any atom is -0.496 e. The summed E-state index contributed by atoms with van der Waals surface area (Å²) in [5.41, 5.74) is 2.48. The number of hydrogen-bond donors (Lipinski definition) is 0. The highest BCUT2D eigenvalue weighted by molar-refractivity contribution is 9.10. The lowest BCUT2D eigenvalue weighted by atomic mass is 10.0. The van der Waals surface area contributed by atoms with Gasteiger partial charge < -0.3 is 4.74 Å². The van der Waals surface area contributed by atoms with Gasteiger partial charge >= 0.3 is 0 Å². The molecule has 162 valence electrons. The van der Waals surface area contributed by atoms with Gasteiger partial charge in [-0.3, -0.25) is 0 Å². The van der Waals surface area contributed by atoms with Crippen LogP contribution < -0.4 is 25.8 Å². The largest absolute Gasteiger partial charge is 0.496 e. The van der Waals surface area contributed by atoms with Crippen LogP contribution in [0.1, 0.15) is 0 Å². The van der Waals surface area contributed by atoms with Crippen molar-refractivity contribution in [2.45, 2.75) is 19.6 Å². The van der Waals surface area contributed by atoms with Crippen LogP contribution in [0, 0.1) is 0 Å². The van der Waals surface area contributed by atoms with Crippen molar-refractivity contribution < 1.29 is 4.74 Å². The van der Waals surface area contributed by atoms with Crippen LogP contribution in [0.2, 0.25) is 19.6 Å². The lowest BCUT2D eigenvalue weighted by molar-refractivity contribution is 0.417. The Morgan fingerprint density at radius 1 is 0.656 bits per heavy atom. The maximum absolute atomic E-state index is 5.95. The minimum atomic E-state index is -1.64. The first-order chi connectivity index (χ1) is 15.4. The van der Waals surface area contributed by atoms with E-state index >= 15 is 0 Å². The van der Waals surface area contributed by atoms with Crippen molar-refractivity contribution in [2.75, 3.05) is 7.11 Å². The van der Waals surface area contributed by atoms with Crippen molar-refractivity contribution in [3.63, 3.8) is 0 Å². The van der Waals surface area contributed by atoms with Gasteiger partial charge in [0.05, 0.1) is 15.2 Å². The molecule has 4 rings (SSSR count). The topological polar surface area (TPSA) is 9.23 Å². The molecule has 4 aromatic carbocycles. The highest BCUT2D eigenvalue weighted by atomic mass is 79.9. The van der Waals surface area contributed by atoms with Crippen molar-refractivity contribution in [1.82, 2.24) is 0 Å². The van der Waals surface area contributed by atoms with Crippen molar-refractivity contribution in [2.24, 2.45) is 0 Å². The highest BCUT2D eigenvalue weighted by Gasteiger charge is 2.28. The number of methoxy groups -OCH3 is 1. The van der Waals surface area contributed by atoms with Gasteiger partial charge in [-0.05, 0) is 41.2 Å². The van der Waals surface area contributed by atoms with E-state index in [1.54, 1.807) is 7.11 Å². The number of ether oxygens (including phenoxy) is 1. The number of rotatable bonds is 6. The van der Waals surface area contributed by atoms with Gasteiger partial charge in [-0.1, -0.05) is 121 Å². The molecule has 0 aliphatic heterocycles. The highest BCUT2D eigenvalue weighted by Crippen LogP contribution is 2.42. The lowest BCUT2D eigenvalue weighted by Gasteiger charge is -2.28. The fourth-order valence-corrected chi connectivity index (χ4v) is 8.91. The maximum Gasteiger partial charge on any atom is 0.126 e. The fourth-order valence-electron chi connectivity index (χ4n) is 4.11. The summed E-state index contributed by atoms with van der Waals surface area (Å²) in [5, 5.41) is 5.45. The second-order valence-corrected chi connectivity index (χ2v) is 16.9. The third-order valence-electron chi connectivity index (χ3n) is 5.57. The molecule has 0 aromatic heterocycles. The molecule has 0 spiro atoms. The zero-order chi connectivity index (χ0) is 22.7. The SMILES string of the molecule is COc1cccc([Si](C)(C)C)c1-c1c(Br)cccc1P(c1ccccc1)c1ccccc1. The summed E-state index contributed by atoms with van der Waals surface area (Å²) in [5.74, 6) is 0.939. The molecule has 0 saturated carbocycles. The quantitative estimate of drug-likeness (QED) is 0.211. The Morgan fingerprint density at radius 3 is 1.75 bits per heavy atom. The van der Waals surface area contributed by atoms with Gasteiger partial charge in [0.15, 0.2) is 0 Å². The Morgan fingerprint density at radius 2 is 1.22 bits per heavy atom. The van der Waals surface area contributed by atoms with Crippen LogP contribution in [0.5, 0.6) is 5.75 Å². The molecule has 0 fully saturated rings. The minimum absolute atomic E-state index is 0.742. The van der Waals surface area contributed by atoms with E-state index in [1.807, 2.05) is 0 Å². The summed E-state index contributed by atoms with van der Waals surface area (Å²) in [4.78, 5) is 0. The van der Waals surface area contributed by atoms with E-state index in [0.29, 0.717) is 0 Å². The Hall–Kier alpha value is -2.19. The van der Waals surface area contributed by atoms with Crippen LogP contribution in [0.4, 0.5) is 0 Å². The van der Waals surface area contributed by atoms with Crippen LogP contribution in [0.25, 0.3) is 11.1 Å². The number of hydrogen-bond acceptors (Lipinski definition) is 1. The zero-order valence-corrected chi connectivity index (χ0v) is 22.5. The predicted molar refractivity (Wildman–Crippen MR) is 148 cm³/mol. The van der Waals surface area contributed by atoms with Crippen LogP contribution in [-0.2, 0) is 0 Å². The molecule has 0 bridgehead atoms. The van der Waals surface area contributed by atoms with Crippen molar-refractivity contribution in [3.05, 3.63) is 102 Å². The van der Waals surface area contributed by atoms with Gasteiger partial charge in [0.1, 0.15) is 5.75 Å². The Bertz CT molecular complexity index is 1160. The summed E-state index contributed by atoms with van der Waals surface area (Å²) in [6.45, 7) is 7.21. The van der Waals surface area contributed by atoms with Crippen LogP contribution in [-0.4, -0.2) is 15.2 Å². The van der Waals surface area contributed by atoms with Crippen molar-refractivity contribution in [3.8, 4) is 16.9 Å². The van der Waals surface area contributed by atoms with Gasteiger partial charge in [-0.2, -0.15) is 0 Å². The molecule has 4 heteroatoms. The normalized spacial score (nSPS) is 11.6. The molecular formula is C28H28BrOPSi. The van der Waals surface area contributed by atoms with Crippen LogP contribution in [0.15, 0.2) is 102 Å². The first-order valence-electron chi connectivity index (χ1n) is 10.8. The molecule has 0 unspecified atom stereocenters. The summed E-state index contributed by atoms with van der Waals surface area (Å²) in [6, 6.07) is 34.9. The van der Waals surface area contributed by atoms with Crippen LogP contribution in [0.3, 0.4) is 0 Å². The van der Waals surface area contributed by atoms with E-state index in [4.69, 9.17) is 4.74 Å². The van der Waals surface area contributed by atoms with Gasteiger partial charge in [0.25, 0.3) is 0 Å². The number of halogens is 1. The summed E-state index contributed by atoms with van der Waals surface area (Å²) in [7, 11) is -0.605. The molecule has 0 aliphatic rings. The Labute approximate surface area is 202 Å². The molecule has 0 atom stereocenters. The Kier molecular flexibility index (Phi) is 7.00. The molecule has 0 radical (unpaired) electrons. The van der Waals surface area contributed by atoms with E-state index in [2.05, 4.69) is 133 Å². The summed E-state index contributed by atoms with van der Waals surface area (Å²) >= 11 is 3.93. The summed E-state index contributed by atoms with van der Waals surface area (Å²) in [6.07, 6.45) is 0. The first-order valence-corrected chi connectivity index (χ1v) is 16.4. The maximum atomic E-state index is 5.95. The second-order valence-electron chi connectivity index (χ2n) is 8.77. The molecule has 0 saturated heterocycles. The van der Waals surface area contributed by atoms with Gasteiger partial charge in [0.2, 0.25) is 0 Å². The van der Waals surface area contributed by atoms with Gasteiger partial charge in [0, 0.05) is 15.6 Å². The smallest absolute Gasteiger partial charge is 0.126 e. The predicted octanol–water partition coefficient (Wildman–Crippen LogP) is 6.43. The average Bonchev–Trinajstić information content (AvgIpc) is 2.80. The third kappa shape index (κ3) is 4.61. The molecule has 4 aromatic rings. The monoisotopic (exact) mass is 518 g/mol. The van der Waals surface area contributed by atoms with E-state index in [0.717, 1.165) is 10.2 Å². The second kappa shape index (κ2) is 9.75. The molecular weight excluding hydrogens is 491 g/mol. The van der Waals surface area contributed by atoms with E-state index in [1.165, 1.54) is 32.2 Å². The standard InChI is InChI=1S/C28H28BrOPSi/c1-30-24-18-12-20-26(32(2,3)4)28(24)27-23(29)17-11-19-25(27)31(21-13-7-5-8-14-21)22-15-9-6-10-16-22/h5-20H,1-4H3. The van der Waals surface area contributed by atoms with Crippen molar-refractivity contribution in [1.29, 1.82) is 0 Å². The first kappa shape index (κ1) is 23.0. The summed E-state index contributed by atoms with van der Waals surface area (Å²) < 4.78 is 7.05. The van der Waals surface area contributed by atoms with E-state index in [-0.39, 0.29) is 0 Å². The van der Waals surface area contributed by atoms with E-state index in [9.17, 15) is 0 Å². The number of benzene rings is 4. The lowest BCUT2D eigenvalue weighted by Crippen LogP contribution is -2.39.